The Morgan fingerprint density at radius 3 is 2.61 bits per heavy atom. The van der Waals surface area contributed by atoms with E-state index in [0.29, 0.717) is 40.6 Å². The monoisotopic (exact) mass is 638 g/mol. The van der Waals surface area contributed by atoms with E-state index in [1.807, 2.05) is 12.1 Å². The normalized spacial score (nSPS) is 16.7. The van der Waals surface area contributed by atoms with Crippen molar-refractivity contribution >= 4 is 52.1 Å². The molecule has 3 aromatic heterocycles. The summed E-state index contributed by atoms with van der Waals surface area (Å²) < 4.78 is 6.96. The van der Waals surface area contributed by atoms with Gasteiger partial charge in [-0.05, 0) is 104 Å². The number of carbonyl (C=O) groups is 3. The molecule has 2 amide bonds. The lowest BCUT2D eigenvalue weighted by molar-refractivity contribution is -0.133. The van der Waals surface area contributed by atoms with Gasteiger partial charge < -0.3 is 19.9 Å². The lowest BCUT2D eigenvalue weighted by Crippen LogP contribution is -2.44. The molecule has 0 aliphatic carbocycles. The molecule has 0 radical (unpaired) electrons. The number of nitrogens with one attached hydrogen (secondary N) is 2. The van der Waals surface area contributed by atoms with Crippen LogP contribution in [0.3, 0.4) is 0 Å². The van der Waals surface area contributed by atoms with E-state index in [1.54, 1.807) is 86.6 Å². The summed E-state index contributed by atoms with van der Waals surface area (Å²) in [6.45, 7) is 5.79. The molecular weight excluding hydrogens is 608 g/mol. The van der Waals surface area contributed by atoms with Crippen molar-refractivity contribution in [2.45, 2.75) is 44.8 Å². The number of H-pyrrole nitrogens is 1. The predicted octanol–water partition coefficient (Wildman–Crippen LogP) is 5.18. The van der Waals surface area contributed by atoms with Gasteiger partial charge in [-0.15, -0.1) is 5.10 Å². The molecule has 6 rings (SSSR count). The van der Waals surface area contributed by atoms with Gasteiger partial charge in [-0.25, -0.2) is 4.79 Å². The number of aromatic amines is 1. The second-order valence-electron chi connectivity index (χ2n) is 11.9. The van der Waals surface area contributed by atoms with Gasteiger partial charge in [0.15, 0.2) is 0 Å². The molecule has 0 spiro atoms. The number of nitrogens with zero attached hydrogens (tertiary/aromatic N) is 6. The van der Waals surface area contributed by atoms with Gasteiger partial charge in [-0.2, -0.15) is 4.68 Å². The Bertz CT molecular complexity index is 1930. The average Bonchev–Trinajstić information content (AvgIpc) is 3.79. The molecule has 2 aromatic carbocycles. The van der Waals surface area contributed by atoms with Gasteiger partial charge in [0.25, 0.3) is 0 Å². The number of benzene rings is 2. The minimum atomic E-state index is -0.794. The number of likely N-dealkylation sites (tertiary alicyclic amines) is 1. The summed E-state index contributed by atoms with van der Waals surface area (Å²) in [5, 5.41) is 15.5. The Labute approximate surface area is 269 Å². The Hall–Kier alpha value is -5.36. The van der Waals surface area contributed by atoms with E-state index in [4.69, 9.17) is 16.3 Å². The van der Waals surface area contributed by atoms with E-state index in [9.17, 15) is 14.4 Å². The van der Waals surface area contributed by atoms with Crippen molar-refractivity contribution < 1.29 is 19.1 Å². The first-order chi connectivity index (χ1) is 22.1. The first-order valence-corrected chi connectivity index (χ1v) is 15.0. The summed E-state index contributed by atoms with van der Waals surface area (Å²) in [5.41, 5.74) is 3.10. The molecule has 0 unspecified atom stereocenters. The predicted molar refractivity (Wildman–Crippen MR) is 172 cm³/mol. The summed E-state index contributed by atoms with van der Waals surface area (Å²) in [4.78, 5) is 49.0. The summed E-state index contributed by atoms with van der Waals surface area (Å²) >= 11 is 6.25. The van der Waals surface area contributed by atoms with Crippen LogP contribution in [0.4, 0.5) is 5.69 Å². The quantitative estimate of drug-likeness (QED) is 0.183. The van der Waals surface area contributed by atoms with Gasteiger partial charge in [-0.3, -0.25) is 14.6 Å². The van der Waals surface area contributed by atoms with Gasteiger partial charge in [0, 0.05) is 58.1 Å². The number of tetrazole rings is 1. The zero-order chi connectivity index (χ0) is 32.4. The topological polar surface area (TPSA) is 148 Å². The first kappa shape index (κ1) is 30.7. The van der Waals surface area contributed by atoms with Crippen molar-refractivity contribution in [3.8, 4) is 5.69 Å². The number of carbonyl (C=O) groups excluding carboxylic acids is 3. The molecule has 0 bridgehead atoms. The van der Waals surface area contributed by atoms with Crippen LogP contribution in [0, 0.1) is 0 Å². The van der Waals surface area contributed by atoms with Crippen LogP contribution in [0.25, 0.3) is 22.7 Å². The maximum Gasteiger partial charge on any atom is 0.355 e. The number of rotatable bonds is 7. The van der Waals surface area contributed by atoms with Crippen LogP contribution >= 0.6 is 11.6 Å². The highest BCUT2D eigenvalue weighted by molar-refractivity contribution is 6.30. The molecule has 5 aromatic rings. The first-order valence-electron chi connectivity index (χ1n) is 14.6. The molecule has 1 aliphatic rings. The fourth-order valence-electron chi connectivity index (χ4n) is 5.59. The standard InChI is InChI=1S/C33H31ClN8O4/c1-33(2,3)46-32(45)27-18-22-17-24(6-7-26(22)38-27)37-31(44)30-25(20-10-13-35-14-11-20)12-15-41(30)29(43)9-4-21-16-23(34)5-8-28(21)42-19-36-39-40-42/h4-11,13-14,16-19,25,30,38H,12,15H2,1-3H3,(H,37,44)/b9-4+/t25-,30-/m1/s1. The van der Waals surface area contributed by atoms with Crippen molar-refractivity contribution in [2.75, 3.05) is 11.9 Å². The number of ether oxygens (including phenoxy) is 1. The minimum Gasteiger partial charge on any atom is -0.455 e. The third-order valence-electron chi connectivity index (χ3n) is 7.58. The number of fused-ring (bicyclic) bond motifs is 1. The van der Waals surface area contributed by atoms with Gasteiger partial charge in [0.2, 0.25) is 11.8 Å². The highest BCUT2D eigenvalue weighted by atomic mass is 35.5. The lowest BCUT2D eigenvalue weighted by Gasteiger charge is -2.27. The third-order valence-corrected chi connectivity index (χ3v) is 7.82. The van der Waals surface area contributed by atoms with E-state index in [1.165, 1.54) is 17.1 Å². The summed E-state index contributed by atoms with van der Waals surface area (Å²) in [7, 11) is 0. The molecule has 2 atom stereocenters. The van der Waals surface area contributed by atoms with Gasteiger partial charge >= 0.3 is 5.97 Å². The number of esters is 1. The van der Waals surface area contributed by atoms with E-state index < -0.39 is 17.6 Å². The minimum absolute atomic E-state index is 0.252. The maximum atomic E-state index is 14.0. The van der Waals surface area contributed by atoms with Crippen LogP contribution in [0.1, 0.15) is 54.7 Å². The smallest absolute Gasteiger partial charge is 0.355 e. The fourth-order valence-corrected chi connectivity index (χ4v) is 5.77. The number of amides is 2. The van der Waals surface area contributed by atoms with Gasteiger partial charge in [-0.1, -0.05) is 11.6 Å². The molecule has 1 saturated heterocycles. The van der Waals surface area contributed by atoms with Gasteiger partial charge in [0.05, 0.1) is 5.69 Å². The fraction of sp³-hybridized carbons (Fsp3) is 0.242. The highest BCUT2D eigenvalue weighted by Crippen LogP contribution is 2.35. The Morgan fingerprint density at radius 1 is 1.07 bits per heavy atom. The van der Waals surface area contributed by atoms with E-state index in [0.717, 1.165) is 16.5 Å². The Morgan fingerprint density at radius 2 is 1.87 bits per heavy atom. The summed E-state index contributed by atoms with van der Waals surface area (Å²) in [5.74, 6) is -1.38. The number of hydrogen-bond donors (Lipinski definition) is 2. The molecule has 1 aliphatic heterocycles. The molecule has 2 N–H and O–H groups in total. The summed E-state index contributed by atoms with van der Waals surface area (Å²) in [6, 6.07) is 15.1. The summed E-state index contributed by atoms with van der Waals surface area (Å²) in [6.07, 6.45) is 8.46. The second kappa shape index (κ2) is 12.6. The highest BCUT2D eigenvalue weighted by Gasteiger charge is 2.42. The van der Waals surface area contributed by atoms with Crippen LogP contribution in [0.2, 0.25) is 5.02 Å². The van der Waals surface area contributed by atoms with Crippen molar-refractivity contribution in [3.05, 3.63) is 101 Å². The van der Waals surface area contributed by atoms with Crippen LogP contribution < -0.4 is 5.32 Å². The van der Waals surface area contributed by atoms with Crippen LogP contribution in [-0.2, 0) is 14.3 Å². The van der Waals surface area contributed by atoms with E-state index in [-0.39, 0.29) is 17.7 Å². The van der Waals surface area contributed by atoms with Crippen LogP contribution in [0.15, 0.2) is 79.4 Å². The lowest BCUT2D eigenvalue weighted by atomic mass is 9.91. The molecule has 1 fully saturated rings. The molecule has 234 valence electrons. The second-order valence-corrected chi connectivity index (χ2v) is 12.4. The van der Waals surface area contributed by atoms with E-state index >= 15 is 0 Å². The average molecular weight is 639 g/mol. The Kier molecular flexibility index (Phi) is 8.37. The van der Waals surface area contributed by atoms with Crippen molar-refractivity contribution in [3.63, 3.8) is 0 Å². The zero-order valence-electron chi connectivity index (χ0n) is 25.3. The van der Waals surface area contributed by atoms with Crippen molar-refractivity contribution in [2.24, 2.45) is 0 Å². The number of halogens is 1. The third kappa shape index (κ3) is 6.66. The molecule has 46 heavy (non-hydrogen) atoms. The molecular formula is C33H31ClN8O4. The van der Waals surface area contributed by atoms with E-state index in [2.05, 4.69) is 30.8 Å². The van der Waals surface area contributed by atoms with Crippen LogP contribution in [-0.4, -0.2) is 71.0 Å². The molecule has 13 heteroatoms. The molecule has 4 heterocycles. The van der Waals surface area contributed by atoms with Crippen molar-refractivity contribution in [1.82, 2.24) is 35.1 Å². The number of aromatic nitrogens is 6. The largest absolute Gasteiger partial charge is 0.455 e. The van der Waals surface area contributed by atoms with Crippen molar-refractivity contribution in [1.29, 1.82) is 0 Å². The maximum absolute atomic E-state index is 14.0. The Balaban J connectivity index is 1.26. The molecule has 12 nitrogen and oxygen atoms in total. The van der Waals surface area contributed by atoms with Gasteiger partial charge in [0.1, 0.15) is 23.7 Å². The SMILES string of the molecule is CC(C)(C)OC(=O)c1cc2cc(NC(=O)[C@H]3[C@@H](c4ccncc4)CCN3C(=O)/C=C/c3cc(Cl)ccc3-n3cnnn3)ccc2[nH]1. The molecule has 0 saturated carbocycles. The van der Waals surface area contributed by atoms with Crippen LogP contribution in [0.5, 0.6) is 0 Å². The zero-order valence-corrected chi connectivity index (χ0v) is 26.1. The number of pyridine rings is 1. The number of anilines is 1. The number of hydrogen-bond acceptors (Lipinski definition) is 8.